The molecule has 0 fully saturated rings. The first-order valence-corrected chi connectivity index (χ1v) is 12.8. The summed E-state index contributed by atoms with van der Waals surface area (Å²) in [7, 11) is 0.301. The van der Waals surface area contributed by atoms with E-state index in [-0.39, 0.29) is 10.6 Å². The molecule has 3 aromatic rings. The summed E-state index contributed by atoms with van der Waals surface area (Å²) in [5, 5.41) is 4.15. The third-order valence-electron chi connectivity index (χ3n) is 5.58. The smallest absolute Gasteiger partial charge is 0.264 e. The molecule has 1 amide bonds. The van der Waals surface area contributed by atoms with Crippen LogP contribution in [-0.2, 0) is 14.8 Å². The number of nitrogens with one attached hydrogen (secondary N) is 1. The van der Waals surface area contributed by atoms with Gasteiger partial charge in [0.2, 0.25) is 0 Å². The van der Waals surface area contributed by atoms with Crippen molar-refractivity contribution in [2.75, 3.05) is 32.2 Å². The molecule has 0 saturated heterocycles. The number of methoxy groups -OCH3 is 3. The van der Waals surface area contributed by atoms with Gasteiger partial charge in [0.1, 0.15) is 12.3 Å². The number of ether oxygens (including phenoxy) is 3. The van der Waals surface area contributed by atoms with Crippen molar-refractivity contribution in [2.45, 2.75) is 25.7 Å². The Balaban J connectivity index is 1.94. The summed E-state index contributed by atoms with van der Waals surface area (Å²) in [6.45, 7) is 4.98. The molecule has 0 spiro atoms. The third-order valence-corrected chi connectivity index (χ3v) is 7.35. The van der Waals surface area contributed by atoms with Gasteiger partial charge in [-0.2, -0.15) is 5.10 Å². The molecule has 3 rings (SSSR count). The molecule has 0 aromatic heterocycles. The van der Waals surface area contributed by atoms with E-state index in [0.29, 0.717) is 22.9 Å². The summed E-state index contributed by atoms with van der Waals surface area (Å²) < 4.78 is 44.3. The van der Waals surface area contributed by atoms with Crippen molar-refractivity contribution < 1.29 is 27.4 Å². The molecule has 37 heavy (non-hydrogen) atoms. The van der Waals surface area contributed by atoms with E-state index in [1.54, 1.807) is 38.3 Å². The Morgan fingerprint density at radius 3 is 2.05 bits per heavy atom. The summed E-state index contributed by atoms with van der Waals surface area (Å²) >= 11 is 0. The zero-order valence-corrected chi connectivity index (χ0v) is 22.5. The van der Waals surface area contributed by atoms with Crippen LogP contribution in [0.15, 0.2) is 70.7 Å². The zero-order chi connectivity index (χ0) is 27.2. The molecule has 196 valence electrons. The van der Waals surface area contributed by atoms with Gasteiger partial charge in [-0.15, -0.1) is 0 Å². The normalized spacial score (nSPS) is 11.6. The number of sulfonamides is 1. The molecular formula is C27H31N3O6S. The minimum Gasteiger partial charge on any atom is -0.497 e. The van der Waals surface area contributed by atoms with E-state index >= 15 is 0 Å². The largest absolute Gasteiger partial charge is 0.497 e. The van der Waals surface area contributed by atoms with E-state index in [2.05, 4.69) is 10.5 Å². The fourth-order valence-corrected chi connectivity index (χ4v) is 5.14. The average Bonchev–Trinajstić information content (AvgIpc) is 2.89. The van der Waals surface area contributed by atoms with Crippen LogP contribution in [0.1, 0.15) is 23.6 Å². The van der Waals surface area contributed by atoms with Crippen LogP contribution in [0.5, 0.6) is 17.2 Å². The van der Waals surface area contributed by atoms with Gasteiger partial charge < -0.3 is 14.2 Å². The number of carbonyl (C=O) groups is 1. The number of aryl methyl sites for hydroxylation is 2. The molecule has 0 aliphatic carbocycles. The average molecular weight is 526 g/mol. The lowest BCUT2D eigenvalue weighted by Gasteiger charge is -2.25. The highest BCUT2D eigenvalue weighted by molar-refractivity contribution is 7.92. The van der Waals surface area contributed by atoms with Gasteiger partial charge in [-0.25, -0.2) is 13.8 Å². The molecule has 0 heterocycles. The van der Waals surface area contributed by atoms with Crippen molar-refractivity contribution in [3.05, 3.63) is 77.4 Å². The number of amides is 1. The van der Waals surface area contributed by atoms with E-state index in [1.807, 2.05) is 32.0 Å². The highest BCUT2D eigenvalue weighted by Crippen LogP contribution is 2.32. The van der Waals surface area contributed by atoms with Crippen molar-refractivity contribution in [3.63, 3.8) is 0 Å². The van der Waals surface area contributed by atoms with Gasteiger partial charge in [0.25, 0.3) is 15.9 Å². The zero-order valence-electron chi connectivity index (χ0n) is 21.7. The van der Waals surface area contributed by atoms with Crippen LogP contribution in [0, 0.1) is 13.8 Å². The van der Waals surface area contributed by atoms with Gasteiger partial charge in [0.15, 0.2) is 11.5 Å². The number of rotatable bonds is 10. The standard InChI is InChI=1S/C27H31N3O6S/c1-18-13-19(2)15-22(14-18)30(37(32,33)24-11-12-25(35-5)26(16-24)36-6)17-27(31)29-28-20(3)21-7-9-23(34-4)10-8-21/h7-16H,17H2,1-6H3,(H,29,31)/b28-20-. The maximum absolute atomic E-state index is 13.8. The molecule has 10 heteroatoms. The fraction of sp³-hybridized carbons (Fsp3) is 0.259. The predicted octanol–water partition coefficient (Wildman–Crippen LogP) is 4.06. The minimum absolute atomic E-state index is 0.0463. The lowest BCUT2D eigenvalue weighted by atomic mass is 10.1. The fourth-order valence-electron chi connectivity index (χ4n) is 3.72. The number of anilines is 1. The number of benzene rings is 3. The lowest BCUT2D eigenvalue weighted by molar-refractivity contribution is -0.119. The number of hydrazone groups is 1. The Labute approximate surface area is 217 Å². The van der Waals surface area contributed by atoms with Crippen molar-refractivity contribution in [3.8, 4) is 17.2 Å². The molecule has 0 radical (unpaired) electrons. The van der Waals surface area contributed by atoms with E-state index in [9.17, 15) is 13.2 Å². The highest BCUT2D eigenvalue weighted by atomic mass is 32.2. The molecule has 0 atom stereocenters. The molecule has 0 unspecified atom stereocenters. The topological polar surface area (TPSA) is 107 Å². The van der Waals surface area contributed by atoms with Gasteiger partial charge in [-0.3, -0.25) is 9.10 Å². The Hall–Kier alpha value is -4.05. The molecule has 0 aliphatic heterocycles. The first kappa shape index (κ1) is 27.5. The molecular weight excluding hydrogens is 494 g/mol. The summed E-state index contributed by atoms with van der Waals surface area (Å²) in [6.07, 6.45) is 0. The van der Waals surface area contributed by atoms with Crippen molar-refractivity contribution in [1.82, 2.24) is 5.43 Å². The third kappa shape index (κ3) is 6.59. The van der Waals surface area contributed by atoms with Gasteiger partial charge in [0, 0.05) is 6.07 Å². The molecule has 1 N–H and O–H groups in total. The Kier molecular flexibility index (Phi) is 8.77. The number of hydrogen-bond acceptors (Lipinski definition) is 7. The van der Waals surface area contributed by atoms with Crippen LogP contribution in [0.3, 0.4) is 0 Å². The molecule has 3 aromatic carbocycles. The first-order chi connectivity index (χ1) is 17.6. The maximum Gasteiger partial charge on any atom is 0.264 e. The van der Waals surface area contributed by atoms with Crippen LogP contribution in [0.2, 0.25) is 0 Å². The Bertz CT molecular complexity index is 1380. The van der Waals surface area contributed by atoms with Crippen LogP contribution in [-0.4, -0.2) is 47.9 Å². The van der Waals surface area contributed by atoms with Crippen LogP contribution >= 0.6 is 0 Å². The van der Waals surface area contributed by atoms with E-state index in [0.717, 1.165) is 21.0 Å². The minimum atomic E-state index is -4.16. The van der Waals surface area contributed by atoms with Crippen molar-refractivity contribution in [2.24, 2.45) is 5.10 Å². The summed E-state index contributed by atoms with van der Waals surface area (Å²) in [4.78, 5) is 12.9. The molecule has 0 bridgehead atoms. The summed E-state index contributed by atoms with van der Waals surface area (Å²) in [6, 6.07) is 16.8. The number of carbonyl (C=O) groups excluding carboxylic acids is 1. The van der Waals surface area contributed by atoms with E-state index in [1.165, 1.54) is 32.4 Å². The second kappa shape index (κ2) is 11.8. The van der Waals surface area contributed by atoms with Crippen molar-refractivity contribution >= 4 is 27.3 Å². The first-order valence-electron chi connectivity index (χ1n) is 11.4. The number of nitrogens with zero attached hydrogens (tertiary/aromatic N) is 2. The van der Waals surface area contributed by atoms with Crippen LogP contribution < -0.4 is 23.9 Å². The Morgan fingerprint density at radius 2 is 1.49 bits per heavy atom. The summed E-state index contributed by atoms with van der Waals surface area (Å²) in [5.41, 5.74) is 5.88. The monoisotopic (exact) mass is 525 g/mol. The van der Waals surface area contributed by atoms with Gasteiger partial charge in [-0.05, 0) is 86.0 Å². The van der Waals surface area contributed by atoms with Crippen LogP contribution in [0.4, 0.5) is 5.69 Å². The SMILES string of the molecule is COc1ccc(/C(C)=N\NC(=O)CN(c2cc(C)cc(C)c2)S(=O)(=O)c2ccc(OC)c(OC)c2)cc1. The predicted molar refractivity (Wildman–Crippen MR) is 143 cm³/mol. The van der Waals surface area contributed by atoms with Crippen LogP contribution in [0.25, 0.3) is 0 Å². The molecule has 9 nitrogen and oxygen atoms in total. The lowest BCUT2D eigenvalue weighted by Crippen LogP contribution is -2.39. The number of hydrogen-bond donors (Lipinski definition) is 1. The maximum atomic E-state index is 13.8. The second-order valence-corrected chi connectivity index (χ2v) is 10.2. The van der Waals surface area contributed by atoms with Crippen molar-refractivity contribution in [1.29, 1.82) is 0 Å². The highest BCUT2D eigenvalue weighted by Gasteiger charge is 2.28. The Morgan fingerprint density at radius 1 is 0.865 bits per heavy atom. The van der Waals surface area contributed by atoms with Gasteiger partial charge in [0.05, 0.1) is 37.6 Å². The van der Waals surface area contributed by atoms with E-state index in [4.69, 9.17) is 14.2 Å². The van der Waals surface area contributed by atoms with Gasteiger partial charge >= 0.3 is 0 Å². The summed E-state index contributed by atoms with van der Waals surface area (Å²) in [5.74, 6) is 0.745. The van der Waals surface area contributed by atoms with E-state index < -0.39 is 22.5 Å². The second-order valence-electron chi connectivity index (χ2n) is 8.34. The quantitative estimate of drug-likeness (QED) is 0.316. The van der Waals surface area contributed by atoms with Gasteiger partial charge in [-0.1, -0.05) is 6.07 Å². The molecule has 0 aliphatic rings. The molecule has 0 saturated carbocycles.